The molecule has 0 aliphatic rings. The molecule has 0 bridgehead atoms. The van der Waals surface area contributed by atoms with Gasteiger partial charge in [0.05, 0.1) is 0 Å². The number of hydrogen-bond donors (Lipinski definition) is 1. The molecule has 0 aromatic heterocycles. The second-order valence-corrected chi connectivity index (χ2v) is 5.66. The first kappa shape index (κ1) is 19.6. The van der Waals surface area contributed by atoms with E-state index in [0.29, 0.717) is 18.8 Å². The van der Waals surface area contributed by atoms with Crippen molar-refractivity contribution in [2.24, 2.45) is 0 Å². The van der Waals surface area contributed by atoms with Crippen LogP contribution >= 0.6 is 12.6 Å². The number of unbranched alkanes of at least 4 members (excludes halogenated alkanes) is 8. The van der Waals surface area contributed by atoms with Gasteiger partial charge < -0.3 is 4.74 Å². The summed E-state index contributed by atoms with van der Waals surface area (Å²) in [6.07, 6.45) is 17.6. The van der Waals surface area contributed by atoms with Gasteiger partial charge >= 0.3 is 5.97 Å². The van der Waals surface area contributed by atoms with Crippen LogP contribution in [0.25, 0.3) is 0 Å². The van der Waals surface area contributed by atoms with E-state index in [2.05, 4.69) is 31.7 Å². The molecule has 0 aromatic rings. The van der Waals surface area contributed by atoms with Crippen LogP contribution in [0, 0.1) is 0 Å². The highest BCUT2D eigenvalue weighted by molar-refractivity contribution is 7.80. The van der Waals surface area contributed by atoms with Gasteiger partial charge in [-0.05, 0) is 25.7 Å². The zero-order chi connectivity index (χ0) is 14.9. The fraction of sp³-hybridized carbons (Fsp3) is 0.824. The average molecular weight is 301 g/mol. The number of hydrogen-bond acceptors (Lipinski definition) is 3. The summed E-state index contributed by atoms with van der Waals surface area (Å²) >= 11 is 4.00. The van der Waals surface area contributed by atoms with Gasteiger partial charge in [-0.2, -0.15) is 12.6 Å². The molecule has 0 aliphatic heterocycles. The molecule has 0 aliphatic carbocycles. The van der Waals surface area contributed by atoms with Crippen molar-refractivity contribution >= 4 is 18.6 Å². The van der Waals surface area contributed by atoms with Crippen LogP contribution in [0.5, 0.6) is 0 Å². The third-order valence-corrected chi connectivity index (χ3v) is 3.43. The van der Waals surface area contributed by atoms with Gasteiger partial charge in [-0.25, -0.2) is 0 Å². The molecule has 0 amide bonds. The second-order valence-electron chi connectivity index (χ2n) is 5.22. The van der Waals surface area contributed by atoms with Crippen molar-refractivity contribution < 1.29 is 9.53 Å². The Bertz CT molecular complexity index is 239. The van der Waals surface area contributed by atoms with Gasteiger partial charge in [-0.1, -0.05) is 57.6 Å². The fourth-order valence-electron chi connectivity index (χ4n) is 2.05. The normalized spacial score (nSPS) is 11.1. The third kappa shape index (κ3) is 15.6. The van der Waals surface area contributed by atoms with E-state index >= 15 is 0 Å². The number of ether oxygens (including phenoxy) is 1. The largest absolute Gasteiger partial charge is 0.465 e. The molecule has 2 nitrogen and oxygen atoms in total. The van der Waals surface area contributed by atoms with Crippen molar-refractivity contribution in [3.8, 4) is 0 Å². The molecule has 0 fully saturated rings. The molecular weight excluding hydrogens is 268 g/mol. The summed E-state index contributed by atoms with van der Waals surface area (Å²) in [6, 6.07) is 0. The molecule has 0 atom stereocenters. The highest BCUT2D eigenvalue weighted by Gasteiger charge is 1.99. The third-order valence-electron chi connectivity index (χ3n) is 3.25. The molecule has 0 radical (unpaired) electrons. The van der Waals surface area contributed by atoms with E-state index in [4.69, 9.17) is 4.74 Å². The summed E-state index contributed by atoms with van der Waals surface area (Å²) in [5, 5.41) is 0. The lowest BCUT2D eigenvalue weighted by molar-refractivity contribution is -0.143. The standard InChI is InChI=1S/C17H32O2S/c1-2-3-4-5-6-7-8-9-10-11-12-13-14-17(18)19-15-16-20/h10-11,20H,2-9,12-16H2,1H3/b11-10+. The molecule has 0 saturated carbocycles. The van der Waals surface area contributed by atoms with Crippen molar-refractivity contribution in [3.63, 3.8) is 0 Å². The van der Waals surface area contributed by atoms with E-state index < -0.39 is 0 Å². The maximum Gasteiger partial charge on any atom is 0.305 e. The van der Waals surface area contributed by atoms with Crippen LogP contribution < -0.4 is 0 Å². The van der Waals surface area contributed by atoms with Crippen LogP contribution in [-0.4, -0.2) is 18.3 Å². The molecule has 0 spiro atoms. The van der Waals surface area contributed by atoms with Crippen molar-refractivity contribution in [2.45, 2.75) is 77.6 Å². The number of carbonyl (C=O) groups excluding carboxylic acids is 1. The van der Waals surface area contributed by atoms with Crippen molar-refractivity contribution in [2.75, 3.05) is 12.4 Å². The van der Waals surface area contributed by atoms with Gasteiger partial charge in [0.2, 0.25) is 0 Å². The van der Waals surface area contributed by atoms with E-state index in [1.54, 1.807) is 0 Å². The summed E-state index contributed by atoms with van der Waals surface area (Å²) in [5.74, 6) is 0.504. The molecule has 118 valence electrons. The van der Waals surface area contributed by atoms with E-state index in [9.17, 15) is 4.79 Å². The zero-order valence-electron chi connectivity index (χ0n) is 13.1. The SMILES string of the molecule is CCCCCCCCC/C=C/CCCC(=O)OCCS. The fourth-order valence-corrected chi connectivity index (χ4v) is 2.14. The van der Waals surface area contributed by atoms with Gasteiger partial charge in [0.1, 0.15) is 6.61 Å². The highest BCUT2D eigenvalue weighted by atomic mass is 32.1. The quantitative estimate of drug-likeness (QED) is 0.203. The first-order valence-electron chi connectivity index (χ1n) is 8.22. The van der Waals surface area contributed by atoms with E-state index in [-0.39, 0.29) is 5.97 Å². The zero-order valence-corrected chi connectivity index (χ0v) is 14.0. The summed E-state index contributed by atoms with van der Waals surface area (Å²) in [7, 11) is 0. The van der Waals surface area contributed by atoms with Gasteiger partial charge in [0.15, 0.2) is 0 Å². The van der Waals surface area contributed by atoms with E-state index in [1.807, 2.05) is 0 Å². The molecule has 0 N–H and O–H groups in total. The minimum absolute atomic E-state index is 0.0977. The number of allylic oxidation sites excluding steroid dienone is 2. The van der Waals surface area contributed by atoms with Crippen LogP contribution in [0.4, 0.5) is 0 Å². The predicted octanol–water partition coefficient (Wildman–Crippen LogP) is 5.33. The van der Waals surface area contributed by atoms with Crippen molar-refractivity contribution in [1.82, 2.24) is 0 Å². The summed E-state index contributed by atoms with van der Waals surface area (Å²) < 4.78 is 4.95. The van der Waals surface area contributed by atoms with Crippen LogP contribution in [0.3, 0.4) is 0 Å². The van der Waals surface area contributed by atoms with Crippen molar-refractivity contribution in [3.05, 3.63) is 12.2 Å². The van der Waals surface area contributed by atoms with Gasteiger partial charge in [0, 0.05) is 12.2 Å². The smallest absolute Gasteiger partial charge is 0.305 e. The summed E-state index contributed by atoms with van der Waals surface area (Å²) in [6.45, 7) is 2.68. The van der Waals surface area contributed by atoms with Crippen LogP contribution in [0.15, 0.2) is 12.2 Å². The maximum atomic E-state index is 11.2. The Labute approximate surface area is 130 Å². The van der Waals surface area contributed by atoms with Crippen LogP contribution in [-0.2, 0) is 9.53 Å². The Morgan fingerprint density at radius 3 is 2.20 bits per heavy atom. The molecule has 0 unspecified atom stereocenters. The monoisotopic (exact) mass is 300 g/mol. The first-order chi connectivity index (χ1) is 9.81. The Morgan fingerprint density at radius 1 is 0.950 bits per heavy atom. The topological polar surface area (TPSA) is 26.3 Å². The number of esters is 1. The first-order valence-corrected chi connectivity index (χ1v) is 8.86. The molecule has 3 heteroatoms. The van der Waals surface area contributed by atoms with E-state index in [0.717, 1.165) is 12.8 Å². The Morgan fingerprint density at radius 2 is 1.55 bits per heavy atom. The van der Waals surface area contributed by atoms with Gasteiger partial charge in [-0.15, -0.1) is 0 Å². The average Bonchev–Trinajstić information content (AvgIpc) is 2.46. The number of rotatable bonds is 14. The molecule has 0 aromatic carbocycles. The van der Waals surface area contributed by atoms with Crippen molar-refractivity contribution in [1.29, 1.82) is 0 Å². The molecule has 0 saturated heterocycles. The molecule has 0 rings (SSSR count). The van der Waals surface area contributed by atoms with Crippen LogP contribution in [0.1, 0.15) is 77.6 Å². The van der Waals surface area contributed by atoms with Gasteiger partial charge in [-0.3, -0.25) is 4.79 Å². The summed E-state index contributed by atoms with van der Waals surface area (Å²) in [4.78, 5) is 11.2. The Kier molecular flexibility index (Phi) is 16.2. The lowest BCUT2D eigenvalue weighted by atomic mass is 10.1. The minimum atomic E-state index is -0.0977. The van der Waals surface area contributed by atoms with Crippen LogP contribution in [0.2, 0.25) is 0 Å². The number of carbonyl (C=O) groups is 1. The maximum absolute atomic E-state index is 11.2. The molecule has 0 heterocycles. The Hall–Kier alpha value is -0.440. The van der Waals surface area contributed by atoms with Gasteiger partial charge in [0.25, 0.3) is 0 Å². The predicted molar refractivity (Wildman–Crippen MR) is 90.4 cm³/mol. The lowest BCUT2D eigenvalue weighted by Crippen LogP contribution is -2.05. The molecular formula is C17H32O2S. The summed E-state index contributed by atoms with van der Waals surface area (Å²) in [5.41, 5.74) is 0. The second kappa shape index (κ2) is 16.6. The molecule has 20 heavy (non-hydrogen) atoms. The lowest BCUT2D eigenvalue weighted by Gasteiger charge is -2.01. The Balaban J connectivity index is 3.18. The number of thiol groups is 1. The highest BCUT2D eigenvalue weighted by Crippen LogP contribution is 2.09. The minimum Gasteiger partial charge on any atom is -0.465 e. The van der Waals surface area contributed by atoms with E-state index in [1.165, 1.54) is 51.4 Å².